The summed E-state index contributed by atoms with van der Waals surface area (Å²) in [5.41, 5.74) is 7.27. The number of aromatic nitrogens is 1. The van der Waals surface area contributed by atoms with Gasteiger partial charge in [-0.1, -0.05) is 6.07 Å². The van der Waals surface area contributed by atoms with Gasteiger partial charge in [0.2, 0.25) is 5.56 Å². The molecule has 4 heteroatoms. The van der Waals surface area contributed by atoms with Gasteiger partial charge in [-0.25, -0.2) is 4.39 Å². The smallest absolute Gasteiger partial charge is 0.250 e. The van der Waals surface area contributed by atoms with Crippen LogP contribution >= 0.6 is 0 Å². The molecule has 82 valence electrons. The fourth-order valence-corrected chi connectivity index (χ4v) is 1.56. The molecule has 0 saturated carbocycles. The van der Waals surface area contributed by atoms with Crippen molar-refractivity contribution in [1.82, 2.24) is 4.98 Å². The van der Waals surface area contributed by atoms with E-state index < -0.39 is 0 Å². The average molecular weight is 218 g/mol. The Morgan fingerprint density at radius 3 is 2.56 bits per heavy atom. The van der Waals surface area contributed by atoms with Crippen molar-refractivity contribution in [3.63, 3.8) is 0 Å². The van der Waals surface area contributed by atoms with Crippen LogP contribution < -0.4 is 11.3 Å². The van der Waals surface area contributed by atoms with E-state index in [4.69, 9.17) is 5.73 Å². The summed E-state index contributed by atoms with van der Waals surface area (Å²) >= 11 is 0. The largest absolute Gasteiger partial charge is 0.385 e. The van der Waals surface area contributed by atoms with E-state index in [1.165, 1.54) is 12.1 Å². The summed E-state index contributed by atoms with van der Waals surface area (Å²) in [5, 5.41) is 0. The molecule has 3 nitrogen and oxygen atoms in total. The van der Waals surface area contributed by atoms with Gasteiger partial charge in [0.05, 0.1) is 0 Å². The van der Waals surface area contributed by atoms with Crippen LogP contribution in [0.15, 0.2) is 35.1 Å². The zero-order valence-electron chi connectivity index (χ0n) is 8.75. The Morgan fingerprint density at radius 1 is 1.19 bits per heavy atom. The van der Waals surface area contributed by atoms with E-state index in [1.807, 2.05) is 0 Å². The third-order valence-electron chi connectivity index (χ3n) is 2.36. The Balaban J connectivity index is 2.58. The first-order valence-electron chi connectivity index (χ1n) is 4.82. The minimum Gasteiger partial charge on any atom is -0.385 e. The third-order valence-corrected chi connectivity index (χ3v) is 2.36. The van der Waals surface area contributed by atoms with Crippen LogP contribution in [0.2, 0.25) is 0 Å². The normalized spacial score (nSPS) is 10.4. The molecule has 2 aromatic rings. The predicted molar refractivity (Wildman–Crippen MR) is 61.6 cm³/mol. The van der Waals surface area contributed by atoms with E-state index in [2.05, 4.69) is 4.98 Å². The number of hydrogen-bond donors (Lipinski definition) is 2. The third kappa shape index (κ3) is 1.95. The van der Waals surface area contributed by atoms with Crippen LogP contribution in [-0.4, -0.2) is 4.98 Å². The molecule has 0 bridgehead atoms. The molecular weight excluding hydrogens is 207 g/mol. The highest BCUT2D eigenvalue weighted by atomic mass is 19.1. The summed E-state index contributed by atoms with van der Waals surface area (Å²) in [6.45, 7) is 1.68. The molecule has 0 amide bonds. The topological polar surface area (TPSA) is 58.9 Å². The maximum Gasteiger partial charge on any atom is 0.250 e. The Hall–Kier alpha value is -2.10. The van der Waals surface area contributed by atoms with Crippen LogP contribution in [0.1, 0.15) is 5.56 Å². The summed E-state index contributed by atoms with van der Waals surface area (Å²) in [6, 6.07) is 7.76. The molecule has 16 heavy (non-hydrogen) atoms. The van der Waals surface area contributed by atoms with Gasteiger partial charge >= 0.3 is 0 Å². The maximum absolute atomic E-state index is 13.1. The number of nitrogen functional groups attached to an aromatic ring is 1. The van der Waals surface area contributed by atoms with Gasteiger partial charge in [-0.15, -0.1) is 0 Å². The lowest BCUT2D eigenvalue weighted by Crippen LogP contribution is -2.07. The zero-order chi connectivity index (χ0) is 11.7. The Labute approximate surface area is 91.7 Å². The van der Waals surface area contributed by atoms with Crippen LogP contribution in [0.5, 0.6) is 0 Å². The summed E-state index contributed by atoms with van der Waals surface area (Å²) in [5.74, 6) is 0.0334. The first-order chi connectivity index (χ1) is 7.56. The van der Waals surface area contributed by atoms with E-state index in [0.29, 0.717) is 16.9 Å². The second kappa shape index (κ2) is 3.81. The number of pyridine rings is 1. The predicted octanol–water partition coefficient (Wildman–Crippen LogP) is 2.07. The molecule has 1 aromatic carbocycles. The summed E-state index contributed by atoms with van der Waals surface area (Å²) < 4.78 is 13.1. The summed E-state index contributed by atoms with van der Waals surface area (Å²) in [4.78, 5) is 13.7. The molecule has 3 N–H and O–H groups in total. The van der Waals surface area contributed by atoms with Gasteiger partial charge in [0, 0.05) is 6.07 Å². The van der Waals surface area contributed by atoms with Crippen molar-refractivity contribution in [3.8, 4) is 11.1 Å². The van der Waals surface area contributed by atoms with Gasteiger partial charge in [0.15, 0.2) is 0 Å². The van der Waals surface area contributed by atoms with Gasteiger partial charge < -0.3 is 10.7 Å². The number of halogens is 1. The van der Waals surface area contributed by atoms with Crippen LogP contribution in [0, 0.1) is 12.7 Å². The Bertz CT molecular complexity index is 590. The second-order valence-electron chi connectivity index (χ2n) is 3.65. The number of anilines is 1. The van der Waals surface area contributed by atoms with Crippen molar-refractivity contribution < 1.29 is 4.39 Å². The number of benzene rings is 1. The number of rotatable bonds is 1. The minimum absolute atomic E-state index is 0.262. The van der Waals surface area contributed by atoms with E-state index in [-0.39, 0.29) is 11.4 Å². The first-order valence-corrected chi connectivity index (χ1v) is 4.82. The van der Waals surface area contributed by atoms with E-state index >= 15 is 0 Å². The van der Waals surface area contributed by atoms with Crippen LogP contribution in [-0.2, 0) is 0 Å². The Kier molecular flexibility index (Phi) is 2.48. The number of nitrogens with one attached hydrogen (secondary N) is 1. The van der Waals surface area contributed by atoms with Crippen molar-refractivity contribution >= 4 is 5.82 Å². The lowest BCUT2D eigenvalue weighted by molar-refractivity contribution is 0.619. The molecule has 0 aliphatic heterocycles. The van der Waals surface area contributed by atoms with Gasteiger partial charge in [-0.05, 0) is 41.8 Å². The highest BCUT2D eigenvalue weighted by Gasteiger charge is 2.03. The van der Waals surface area contributed by atoms with Crippen molar-refractivity contribution in [2.24, 2.45) is 0 Å². The van der Waals surface area contributed by atoms with Crippen LogP contribution in [0.25, 0.3) is 11.1 Å². The molecule has 0 aliphatic rings. The molecule has 0 unspecified atom stereocenters. The molecule has 0 spiro atoms. The molecular formula is C12H11FN2O. The van der Waals surface area contributed by atoms with E-state index in [1.54, 1.807) is 25.1 Å². The monoisotopic (exact) mass is 218 g/mol. The molecule has 1 heterocycles. The van der Waals surface area contributed by atoms with Crippen molar-refractivity contribution in [2.45, 2.75) is 6.92 Å². The second-order valence-corrected chi connectivity index (χ2v) is 3.65. The molecule has 0 radical (unpaired) electrons. The van der Waals surface area contributed by atoms with Gasteiger partial charge in [-0.3, -0.25) is 4.79 Å². The van der Waals surface area contributed by atoms with E-state index in [0.717, 1.165) is 5.56 Å². The van der Waals surface area contributed by atoms with E-state index in [9.17, 15) is 9.18 Å². The maximum atomic E-state index is 13.1. The van der Waals surface area contributed by atoms with Crippen molar-refractivity contribution in [2.75, 3.05) is 5.73 Å². The molecule has 0 fully saturated rings. The Morgan fingerprint density at radius 2 is 1.94 bits per heavy atom. The first kappa shape index (κ1) is 10.4. The van der Waals surface area contributed by atoms with Crippen molar-refractivity contribution in [1.29, 1.82) is 0 Å². The lowest BCUT2D eigenvalue weighted by atomic mass is 10.0. The zero-order valence-corrected chi connectivity index (χ0v) is 8.75. The number of nitrogens with two attached hydrogens (primary N) is 1. The van der Waals surface area contributed by atoms with Crippen LogP contribution in [0.3, 0.4) is 0 Å². The number of aromatic amines is 1. The summed E-state index contributed by atoms with van der Waals surface area (Å²) in [6.07, 6.45) is 0. The molecule has 1 aromatic heterocycles. The summed E-state index contributed by atoms with van der Waals surface area (Å²) in [7, 11) is 0. The minimum atomic E-state index is -0.267. The van der Waals surface area contributed by atoms with Gasteiger partial charge in [0.1, 0.15) is 11.6 Å². The fourth-order valence-electron chi connectivity index (χ4n) is 1.56. The fraction of sp³-hybridized carbons (Fsp3) is 0.0833. The van der Waals surface area contributed by atoms with Gasteiger partial charge in [0.25, 0.3) is 0 Å². The number of hydrogen-bond acceptors (Lipinski definition) is 2. The molecule has 0 aliphatic carbocycles. The van der Waals surface area contributed by atoms with Crippen molar-refractivity contribution in [3.05, 3.63) is 52.1 Å². The highest BCUT2D eigenvalue weighted by Crippen LogP contribution is 2.21. The SMILES string of the molecule is Cc1cc(-c2cc(N)[nH]c(=O)c2)ccc1F. The average Bonchev–Trinajstić information content (AvgIpc) is 2.20. The number of aryl methyl sites for hydroxylation is 1. The molecule has 0 saturated heterocycles. The lowest BCUT2D eigenvalue weighted by Gasteiger charge is -2.04. The molecule has 2 rings (SSSR count). The molecule has 0 atom stereocenters. The quantitative estimate of drug-likeness (QED) is 0.769. The number of H-pyrrole nitrogens is 1. The van der Waals surface area contributed by atoms with Gasteiger partial charge in [-0.2, -0.15) is 0 Å². The standard InChI is InChI=1S/C12H11FN2O/c1-7-4-8(2-3-10(7)13)9-5-11(14)15-12(16)6-9/h2-6H,1H3,(H3,14,15,16). The van der Waals surface area contributed by atoms with Crippen LogP contribution in [0.4, 0.5) is 10.2 Å². The highest BCUT2D eigenvalue weighted by molar-refractivity contribution is 5.66.